The maximum absolute atomic E-state index is 12.2. The average Bonchev–Trinajstić information content (AvgIpc) is 2.43. The molecule has 0 fully saturated rings. The lowest BCUT2D eigenvalue weighted by molar-refractivity contribution is 0.0698. The molecule has 1 rings (SSSR count). The number of hydrogen-bond donors (Lipinski definition) is 2. The van der Waals surface area contributed by atoms with Gasteiger partial charge in [-0.2, -0.15) is 11.8 Å². The first-order valence-electron chi connectivity index (χ1n) is 6.43. The van der Waals surface area contributed by atoms with Gasteiger partial charge in [-0.15, -0.1) is 0 Å². The molecular weight excluding hydrogens is 312 g/mol. The highest BCUT2D eigenvalue weighted by Crippen LogP contribution is 2.24. The van der Waals surface area contributed by atoms with Crippen LogP contribution in [-0.4, -0.2) is 47.1 Å². The van der Waals surface area contributed by atoms with Crippen molar-refractivity contribution in [2.24, 2.45) is 0 Å². The average molecular weight is 331 g/mol. The van der Waals surface area contributed by atoms with Gasteiger partial charge in [-0.1, -0.05) is 17.7 Å². The summed E-state index contributed by atoms with van der Waals surface area (Å²) in [5, 5.41) is 11.9. The van der Waals surface area contributed by atoms with Crippen LogP contribution in [0.3, 0.4) is 0 Å². The maximum Gasteiger partial charge on any atom is 0.339 e. The van der Waals surface area contributed by atoms with E-state index in [1.807, 2.05) is 13.2 Å². The van der Waals surface area contributed by atoms with E-state index in [4.69, 9.17) is 11.6 Å². The zero-order chi connectivity index (χ0) is 16.0. The van der Waals surface area contributed by atoms with Crippen LogP contribution in [0.1, 0.15) is 23.7 Å². The SMILES string of the molecule is CSCCC(C)N(C)C(=O)Nc1cccc(Cl)c1C(=O)O. The zero-order valence-corrected chi connectivity index (χ0v) is 13.8. The number of urea groups is 1. The number of hydrogen-bond acceptors (Lipinski definition) is 3. The molecule has 0 bridgehead atoms. The Bertz CT molecular complexity index is 525. The Morgan fingerprint density at radius 1 is 1.48 bits per heavy atom. The van der Waals surface area contributed by atoms with Crippen molar-refractivity contribution in [2.75, 3.05) is 24.4 Å². The van der Waals surface area contributed by atoms with Crippen molar-refractivity contribution in [2.45, 2.75) is 19.4 Å². The predicted octanol–water partition coefficient (Wildman–Crippen LogP) is 3.64. The lowest BCUT2D eigenvalue weighted by Gasteiger charge is -2.25. The first-order valence-corrected chi connectivity index (χ1v) is 8.20. The molecule has 1 atom stereocenters. The molecule has 0 aliphatic heterocycles. The molecule has 0 saturated heterocycles. The molecular formula is C14H19ClN2O3S. The number of thioether (sulfide) groups is 1. The second-order valence-electron chi connectivity index (χ2n) is 4.64. The highest BCUT2D eigenvalue weighted by atomic mass is 35.5. The molecule has 5 nitrogen and oxygen atoms in total. The van der Waals surface area contributed by atoms with Gasteiger partial charge in [-0.05, 0) is 37.5 Å². The number of aromatic carboxylic acids is 1. The van der Waals surface area contributed by atoms with Crippen LogP contribution in [0.4, 0.5) is 10.5 Å². The highest BCUT2D eigenvalue weighted by molar-refractivity contribution is 7.98. The van der Waals surface area contributed by atoms with Gasteiger partial charge in [0.2, 0.25) is 0 Å². The summed E-state index contributed by atoms with van der Waals surface area (Å²) in [6.45, 7) is 1.95. The molecule has 7 heteroatoms. The highest BCUT2D eigenvalue weighted by Gasteiger charge is 2.20. The van der Waals surface area contributed by atoms with E-state index in [0.29, 0.717) is 0 Å². The minimum Gasteiger partial charge on any atom is -0.478 e. The van der Waals surface area contributed by atoms with E-state index in [9.17, 15) is 14.7 Å². The molecule has 0 aliphatic carbocycles. The van der Waals surface area contributed by atoms with Crippen LogP contribution < -0.4 is 5.32 Å². The molecule has 0 aromatic heterocycles. The molecule has 116 valence electrons. The minimum absolute atomic E-state index is 0.0601. The van der Waals surface area contributed by atoms with Gasteiger partial charge >= 0.3 is 12.0 Å². The van der Waals surface area contributed by atoms with Crippen molar-refractivity contribution in [3.8, 4) is 0 Å². The first-order chi connectivity index (χ1) is 9.88. The Morgan fingerprint density at radius 2 is 2.14 bits per heavy atom. The summed E-state index contributed by atoms with van der Waals surface area (Å²) in [7, 11) is 1.69. The molecule has 21 heavy (non-hydrogen) atoms. The lowest BCUT2D eigenvalue weighted by atomic mass is 10.2. The largest absolute Gasteiger partial charge is 0.478 e. The molecule has 1 aromatic carbocycles. The van der Waals surface area contributed by atoms with E-state index in [-0.39, 0.29) is 28.3 Å². The van der Waals surface area contributed by atoms with Crippen molar-refractivity contribution < 1.29 is 14.7 Å². The van der Waals surface area contributed by atoms with Crippen LogP contribution in [0.2, 0.25) is 5.02 Å². The third-order valence-electron chi connectivity index (χ3n) is 3.19. The number of carbonyl (C=O) groups excluding carboxylic acids is 1. The molecule has 0 radical (unpaired) electrons. The summed E-state index contributed by atoms with van der Waals surface area (Å²) < 4.78 is 0. The van der Waals surface area contributed by atoms with E-state index in [0.717, 1.165) is 12.2 Å². The fourth-order valence-electron chi connectivity index (χ4n) is 1.73. The predicted molar refractivity (Wildman–Crippen MR) is 87.7 cm³/mol. The molecule has 0 spiro atoms. The lowest BCUT2D eigenvalue weighted by Crippen LogP contribution is -2.38. The number of nitrogens with zero attached hydrogens (tertiary/aromatic N) is 1. The van der Waals surface area contributed by atoms with Crippen LogP contribution >= 0.6 is 23.4 Å². The Balaban J connectivity index is 2.84. The van der Waals surface area contributed by atoms with Gasteiger partial charge in [-0.25, -0.2) is 9.59 Å². The number of anilines is 1. The van der Waals surface area contributed by atoms with Crippen molar-refractivity contribution >= 4 is 41.1 Å². The summed E-state index contributed by atoms with van der Waals surface area (Å²) in [5.41, 5.74) is 0.0987. The van der Waals surface area contributed by atoms with Crippen molar-refractivity contribution in [3.05, 3.63) is 28.8 Å². The Labute approximate surface area is 133 Å². The summed E-state index contributed by atoms with van der Waals surface area (Å²) in [6.07, 6.45) is 2.88. The van der Waals surface area contributed by atoms with Crippen molar-refractivity contribution in [3.63, 3.8) is 0 Å². The number of benzene rings is 1. The summed E-state index contributed by atoms with van der Waals surface area (Å²) in [4.78, 5) is 25.0. The molecule has 0 heterocycles. The van der Waals surface area contributed by atoms with Gasteiger partial charge in [0, 0.05) is 13.1 Å². The second kappa shape index (κ2) is 8.14. The first kappa shape index (κ1) is 17.7. The standard InChI is InChI=1S/C14H19ClN2O3S/c1-9(7-8-21-3)17(2)14(20)16-11-6-4-5-10(15)12(11)13(18)19/h4-6,9H,7-8H2,1-3H3,(H,16,20)(H,18,19). The van der Waals surface area contributed by atoms with Crippen LogP contribution in [0, 0.1) is 0 Å². The Morgan fingerprint density at radius 3 is 2.71 bits per heavy atom. The van der Waals surface area contributed by atoms with E-state index >= 15 is 0 Å². The van der Waals surface area contributed by atoms with Gasteiger partial charge in [0.15, 0.2) is 0 Å². The van der Waals surface area contributed by atoms with Crippen molar-refractivity contribution in [1.82, 2.24) is 4.90 Å². The second-order valence-corrected chi connectivity index (χ2v) is 6.03. The third-order valence-corrected chi connectivity index (χ3v) is 4.15. The fourth-order valence-corrected chi connectivity index (χ4v) is 2.56. The Kier molecular flexibility index (Phi) is 6.84. The summed E-state index contributed by atoms with van der Waals surface area (Å²) in [6, 6.07) is 4.30. The van der Waals surface area contributed by atoms with E-state index < -0.39 is 5.97 Å². The quantitative estimate of drug-likeness (QED) is 0.835. The minimum atomic E-state index is -1.17. The number of halogens is 1. The van der Waals surface area contributed by atoms with E-state index in [1.54, 1.807) is 29.8 Å². The number of amides is 2. The molecule has 0 aliphatic rings. The van der Waals surface area contributed by atoms with E-state index in [1.165, 1.54) is 12.1 Å². The number of carboxylic acids is 1. The summed E-state index contributed by atoms with van der Waals surface area (Å²) >= 11 is 7.59. The molecule has 0 saturated carbocycles. The number of carbonyl (C=O) groups is 2. The van der Waals surface area contributed by atoms with Crippen LogP contribution in [0.15, 0.2) is 18.2 Å². The normalized spacial score (nSPS) is 11.8. The monoisotopic (exact) mass is 330 g/mol. The topological polar surface area (TPSA) is 69.6 Å². The molecule has 1 aromatic rings. The van der Waals surface area contributed by atoms with Gasteiger partial charge in [-0.3, -0.25) is 0 Å². The number of carboxylic acid groups (broad SMARTS) is 1. The van der Waals surface area contributed by atoms with Gasteiger partial charge in [0.1, 0.15) is 5.56 Å². The van der Waals surface area contributed by atoms with Gasteiger partial charge in [0.25, 0.3) is 0 Å². The number of rotatable bonds is 6. The fraction of sp³-hybridized carbons (Fsp3) is 0.429. The Hall–Kier alpha value is -1.40. The molecule has 2 amide bonds. The third kappa shape index (κ3) is 4.82. The zero-order valence-electron chi connectivity index (χ0n) is 12.2. The maximum atomic E-state index is 12.2. The van der Waals surface area contributed by atoms with Crippen LogP contribution in [0.25, 0.3) is 0 Å². The molecule has 1 unspecified atom stereocenters. The van der Waals surface area contributed by atoms with E-state index in [2.05, 4.69) is 5.32 Å². The smallest absolute Gasteiger partial charge is 0.339 e. The van der Waals surface area contributed by atoms with Crippen molar-refractivity contribution in [1.29, 1.82) is 0 Å². The van der Waals surface area contributed by atoms with Gasteiger partial charge < -0.3 is 15.3 Å². The van der Waals surface area contributed by atoms with Gasteiger partial charge in [0.05, 0.1) is 10.7 Å². The van der Waals surface area contributed by atoms with Crippen LogP contribution in [-0.2, 0) is 0 Å². The molecule has 2 N–H and O–H groups in total. The van der Waals surface area contributed by atoms with Crippen LogP contribution in [0.5, 0.6) is 0 Å². The number of nitrogens with one attached hydrogen (secondary N) is 1. The summed E-state index contributed by atoms with van der Waals surface area (Å²) in [5.74, 6) is -0.218.